The monoisotopic (exact) mass is 314 g/mol. The summed E-state index contributed by atoms with van der Waals surface area (Å²) in [6.07, 6.45) is 3.21. The number of hydrogen-bond donors (Lipinski definition) is 1. The van der Waals surface area contributed by atoms with E-state index in [1.54, 1.807) is 12.4 Å². The number of fused-ring (bicyclic) bond motifs is 1. The Morgan fingerprint density at radius 1 is 1.18 bits per heavy atom. The number of aromatic nitrogens is 1. The Bertz CT molecular complexity index is 846. The molecule has 0 saturated carbocycles. The van der Waals surface area contributed by atoms with Gasteiger partial charge in [0.15, 0.2) is 0 Å². The van der Waals surface area contributed by atoms with Crippen LogP contribution in [0.15, 0.2) is 54.9 Å². The maximum Gasteiger partial charge on any atom is 0.228 e. The molecule has 0 radical (unpaired) electrons. The maximum absolute atomic E-state index is 13.7. The van der Waals surface area contributed by atoms with E-state index in [1.165, 1.54) is 18.2 Å². The van der Waals surface area contributed by atoms with Gasteiger partial charge in [0, 0.05) is 22.0 Å². The first-order valence-corrected chi connectivity index (χ1v) is 7.08. The summed E-state index contributed by atoms with van der Waals surface area (Å²) in [5, 5.41) is 4.98. The van der Waals surface area contributed by atoms with Crippen LogP contribution in [0.5, 0.6) is 0 Å². The van der Waals surface area contributed by atoms with Crippen molar-refractivity contribution in [3.05, 3.63) is 71.3 Å². The third kappa shape index (κ3) is 3.07. The minimum atomic E-state index is -0.449. The van der Waals surface area contributed by atoms with Crippen LogP contribution in [0.25, 0.3) is 10.8 Å². The van der Waals surface area contributed by atoms with Crippen molar-refractivity contribution in [2.24, 2.45) is 0 Å². The van der Waals surface area contributed by atoms with Crippen LogP contribution in [0.1, 0.15) is 5.56 Å². The highest BCUT2D eigenvalue weighted by atomic mass is 35.5. The summed E-state index contributed by atoms with van der Waals surface area (Å²) in [5.41, 5.74) is 0.865. The number of rotatable bonds is 3. The van der Waals surface area contributed by atoms with Crippen molar-refractivity contribution in [2.75, 3.05) is 5.32 Å². The van der Waals surface area contributed by atoms with Crippen molar-refractivity contribution in [2.45, 2.75) is 6.42 Å². The number of carbonyl (C=O) groups excluding carboxylic acids is 1. The van der Waals surface area contributed by atoms with Gasteiger partial charge >= 0.3 is 0 Å². The molecule has 2 aromatic carbocycles. The van der Waals surface area contributed by atoms with Crippen LogP contribution in [-0.4, -0.2) is 10.9 Å². The lowest BCUT2D eigenvalue weighted by Gasteiger charge is -2.09. The van der Waals surface area contributed by atoms with Gasteiger partial charge in [0.05, 0.1) is 18.3 Å². The standard InChI is InChI=1S/C17H12ClFN2O/c18-13-5-6-15(19)12(7-13)8-17(22)21-16-10-20-9-11-3-1-2-4-14(11)16/h1-7,9-10H,8H2,(H,21,22). The molecule has 3 aromatic rings. The number of nitrogens with zero attached hydrogens (tertiary/aromatic N) is 1. The maximum atomic E-state index is 13.7. The smallest absolute Gasteiger partial charge is 0.228 e. The second-order valence-electron chi connectivity index (χ2n) is 4.87. The van der Waals surface area contributed by atoms with Gasteiger partial charge in [0.1, 0.15) is 5.82 Å². The predicted octanol–water partition coefficient (Wildman–Crippen LogP) is 4.21. The van der Waals surface area contributed by atoms with Crippen LogP contribution in [-0.2, 0) is 11.2 Å². The van der Waals surface area contributed by atoms with Crippen LogP contribution in [0, 0.1) is 5.82 Å². The van der Waals surface area contributed by atoms with Crippen LogP contribution in [0.2, 0.25) is 5.02 Å². The van der Waals surface area contributed by atoms with E-state index < -0.39 is 5.82 Å². The summed E-state index contributed by atoms with van der Waals surface area (Å²) >= 11 is 5.83. The molecule has 0 saturated heterocycles. The van der Waals surface area contributed by atoms with Crippen LogP contribution in [0.3, 0.4) is 0 Å². The molecule has 0 fully saturated rings. The number of nitrogens with one attached hydrogen (secondary N) is 1. The van der Waals surface area contributed by atoms with Crippen molar-refractivity contribution in [3.8, 4) is 0 Å². The normalized spacial score (nSPS) is 10.6. The van der Waals surface area contributed by atoms with Crippen molar-refractivity contribution < 1.29 is 9.18 Å². The van der Waals surface area contributed by atoms with E-state index in [1.807, 2.05) is 24.3 Å². The van der Waals surface area contributed by atoms with Gasteiger partial charge in [-0.1, -0.05) is 35.9 Å². The molecular weight excluding hydrogens is 303 g/mol. The first-order valence-electron chi connectivity index (χ1n) is 6.70. The Balaban J connectivity index is 1.83. The molecule has 0 aliphatic carbocycles. The van der Waals surface area contributed by atoms with Gasteiger partial charge in [-0.2, -0.15) is 0 Å². The number of anilines is 1. The fraction of sp³-hybridized carbons (Fsp3) is 0.0588. The van der Waals surface area contributed by atoms with Crippen LogP contribution >= 0.6 is 11.6 Å². The fourth-order valence-electron chi connectivity index (χ4n) is 2.26. The molecule has 110 valence electrons. The van der Waals surface area contributed by atoms with Gasteiger partial charge in [-0.05, 0) is 23.8 Å². The zero-order valence-corrected chi connectivity index (χ0v) is 12.3. The molecule has 0 unspecified atom stereocenters. The summed E-state index contributed by atoms with van der Waals surface area (Å²) in [5.74, 6) is -0.769. The number of carbonyl (C=O) groups is 1. The van der Waals surface area contributed by atoms with Crippen LogP contribution < -0.4 is 5.32 Å². The highest BCUT2D eigenvalue weighted by Crippen LogP contribution is 2.22. The molecule has 5 heteroatoms. The molecular formula is C17H12ClFN2O. The largest absolute Gasteiger partial charge is 0.324 e. The van der Waals surface area contributed by atoms with Crippen molar-refractivity contribution >= 4 is 34.0 Å². The number of amides is 1. The number of benzene rings is 2. The molecule has 3 rings (SSSR count). The SMILES string of the molecule is O=C(Cc1cc(Cl)ccc1F)Nc1cncc2ccccc12. The second-order valence-corrected chi connectivity index (χ2v) is 5.31. The molecule has 1 heterocycles. The van der Waals surface area contributed by atoms with Crippen molar-refractivity contribution in [1.82, 2.24) is 4.98 Å². The zero-order chi connectivity index (χ0) is 15.5. The number of pyridine rings is 1. The molecule has 1 amide bonds. The molecule has 1 aromatic heterocycles. The molecule has 0 aliphatic heterocycles. The second kappa shape index (κ2) is 6.12. The third-order valence-corrected chi connectivity index (χ3v) is 3.54. The Labute approximate surface area is 131 Å². The van der Waals surface area contributed by atoms with E-state index in [9.17, 15) is 9.18 Å². The lowest BCUT2D eigenvalue weighted by Crippen LogP contribution is -2.15. The summed E-state index contributed by atoms with van der Waals surface area (Å²) < 4.78 is 13.7. The van der Waals surface area contributed by atoms with Crippen molar-refractivity contribution in [3.63, 3.8) is 0 Å². The topological polar surface area (TPSA) is 42.0 Å². The van der Waals surface area contributed by atoms with Gasteiger partial charge in [0.25, 0.3) is 0 Å². The summed E-state index contributed by atoms with van der Waals surface area (Å²) in [4.78, 5) is 16.2. The average Bonchev–Trinajstić information content (AvgIpc) is 2.51. The molecule has 0 bridgehead atoms. The Morgan fingerprint density at radius 2 is 2.00 bits per heavy atom. The fourth-order valence-corrected chi connectivity index (χ4v) is 2.46. The molecule has 0 aliphatic rings. The summed E-state index contributed by atoms with van der Waals surface area (Å²) in [6, 6.07) is 11.8. The molecule has 0 atom stereocenters. The van der Waals surface area contributed by atoms with Crippen molar-refractivity contribution in [1.29, 1.82) is 0 Å². The Morgan fingerprint density at radius 3 is 2.86 bits per heavy atom. The Hall–Kier alpha value is -2.46. The van der Waals surface area contributed by atoms with Gasteiger partial charge in [0.2, 0.25) is 5.91 Å². The van der Waals surface area contributed by atoms with E-state index in [-0.39, 0.29) is 17.9 Å². The summed E-state index contributed by atoms with van der Waals surface area (Å²) in [7, 11) is 0. The molecule has 0 spiro atoms. The van der Waals surface area contributed by atoms with Gasteiger partial charge in [-0.25, -0.2) is 4.39 Å². The highest BCUT2D eigenvalue weighted by Gasteiger charge is 2.11. The number of halogens is 2. The van der Waals surface area contributed by atoms with Gasteiger partial charge in [-0.15, -0.1) is 0 Å². The number of hydrogen-bond acceptors (Lipinski definition) is 2. The zero-order valence-electron chi connectivity index (χ0n) is 11.5. The minimum absolute atomic E-state index is 0.0877. The lowest BCUT2D eigenvalue weighted by molar-refractivity contribution is -0.115. The van der Waals surface area contributed by atoms with Crippen LogP contribution in [0.4, 0.5) is 10.1 Å². The Kier molecular flexibility index (Phi) is 4.02. The molecule has 22 heavy (non-hydrogen) atoms. The minimum Gasteiger partial charge on any atom is -0.324 e. The van der Waals surface area contributed by atoms with E-state index in [4.69, 9.17) is 11.6 Å². The molecule has 1 N–H and O–H groups in total. The van der Waals surface area contributed by atoms with E-state index in [2.05, 4.69) is 10.3 Å². The first kappa shape index (κ1) is 14.5. The first-order chi connectivity index (χ1) is 10.6. The summed E-state index contributed by atoms with van der Waals surface area (Å²) in [6.45, 7) is 0. The molecule has 3 nitrogen and oxygen atoms in total. The highest BCUT2D eigenvalue weighted by molar-refractivity contribution is 6.30. The van der Waals surface area contributed by atoms with E-state index in [0.29, 0.717) is 10.7 Å². The van der Waals surface area contributed by atoms with E-state index >= 15 is 0 Å². The van der Waals surface area contributed by atoms with Gasteiger partial charge in [-0.3, -0.25) is 9.78 Å². The third-order valence-electron chi connectivity index (χ3n) is 3.30. The predicted molar refractivity (Wildman–Crippen MR) is 85.5 cm³/mol. The lowest BCUT2D eigenvalue weighted by atomic mass is 10.1. The van der Waals surface area contributed by atoms with Gasteiger partial charge < -0.3 is 5.32 Å². The quantitative estimate of drug-likeness (QED) is 0.787. The average molecular weight is 315 g/mol. The van der Waals surface area contributed by atoms with E-state index in [0.717, 1.165) is 10.8 Å².